The summed E-state index contributed by atoms with van der Waals surface area (Å²) >= 11 is 0. The molecule has 158 valence electrons. The zero-order chi connectivity index (χ0) is 21.5. The third-order valence-electron chi connectivity index (χ3n) is 8.27. The molecule has 29 heavy (non-hydrogen) atoms. The van der Waals surface area contributed by atoms with E-state index < -0.39 is 69.8 Å². The monoisotopic (exact) mass is 404 g/mol. The fourth-order valence-electron chi connectivity index (χ4n) is 7.42. The number of Topliss-reactive ketones (excluding diaryl/α,β-unsaturated/α-hetero) is 2. The van der Waals surface area contributed by atoms with E-state index in [0.29, 0.717) is 19.3 Å². The first kappa shape index (κ1) is 20.4. The normalized spacial score (nSPS) is 48.0. The number of hydrogen-bond acceptors (Lipinski definition) is 7. The van der Waals surface area contributed by atoms with Crippen molar-refractivity contribution < 1.29 is 34.1 Å². The van der Waals surface area contributed by atoms with Gasteiger partial charge in [-0.25, -0.2) is 0 Å². The molecule has 4 aliphatic carbocycles. The molecule has 4 fully saturated rings. The van der Waals surface area contributed by atoms with Crippen LogP contribution in [0.1, 0.15) is 46.5 Å². The molecule has 2 bridgehead atoms. The van der Waals surface area contributed by atoms with Crippen molar-refractivity contribution in [2.24, 2.45) is 34.0 Å². The highest BCUT2D eigenvalue weighted by Crippen LogP contribution is 2.69. The summed E-state index contributed by atoms with van der Waals surface area (Å²) in [5.74, 6) is -4.45. The highest BCUT2D eigenvalue weighted by Gasteiger charge is 2.80. The number of esters is 1. The summed E-state index contributed by atoms with van der Waals surface area (Å²) < 4.78 is 5.57. The Hall–Kier alpha value is -1.86. The molecular weight excluding hydrogens is 376 g/mol. The van der Waals surface area contributed by atoms with Gasteiger partial charge in [0.2, 0.25) is 0 Å². The van der Waals surface area contributed by atoms with E-state index in [2.05, 4.69) is 6.58 Å². The second kappa shape index (κ2) is 6.08. The molecule has 0 radical (unpaired) electrons. The lowest BCUT2D eigenvalue weighted by Crippen LogP contribution is -2.74. The zero-order valence-electron chi connectivity index (χ0n) is 17.0. The molecule has 4 rings (SSSR count). The van der Waals surface area contributed by atoms with E-state index >= 15 is 0 Å². The number of rotatable bonds is 2. The number of fused-ring (bicyclic) bond motifs is 3. The largest absolute Gasteiger partial charge is 0.462 e. The highest BCUT2D eigenvalue weighted by atomic mass is 16.5. The molecule has 0 saturated heterocycles. The van der Waals surface area contributed by atoms with Crippen LogP contribution in [-0.2, 0) is 23.9 Å². The van der Waals surface area contributed by atoms with Crippen molar-refractivity contribution in [2.45, 2.75) is 64.8 Å². The topological polar surface area (TPSA) is 118 Å². The molecule has 0 heterocycles. The van der Waals surface area contributed by atoms with Crippen molar-refractivity contribution in [1.29, 1.82) is 0 Å². The first-order valence-corrected chi connectivity index (χ1v) is 10.2. The maximum absolute atomic E-state index is 13.6. The average molecular weight is 404 g/mol. The van der Waals surface area contributed by atoms with E-state index in [0.717, 1.165) is 6.29 Å². The van der Waals surface area contributed by atoms with Gasteiger partial charge in [0.05, 0.1) is 6.10 Å². The number of ether oxygens (including phenoxy) is 1. The lowest BCUT2D eigenvalue weighted by atomic mass is 9.38. The molecule has 0 aromatic rings. The van der Waals surface area contributed by atoms with Crippen molar-refractivity contribution in [2.75, 3.05) is 0 Å². The van der Waals surface area contributed by atoms with Crippen LogP contribution >= 0.6 is 0 Å². The van der Waals surface area contributed by atoms with Crippen LogP contribution in [0.2, 0.25) is 0 Å². The van der Waals surface area contributed by atoms with Gasteiger partial charge in [0.15, 0.2) is 11.6 Å². The van der Waals surface area contributed by atoms with E-state index in [4.69, 9.17) is 4.74 Å². The zero-order valence-corrected chi connectivity index (χ0v) is 17.0. The molecule has 0 aliphatic heterocycles. The molecule has 2 N–H and O–H groups in total. The van der Waals surface area contributed by atoms with E-state index in [1.807, 2.05) is 13.8 Å². The Bertz CT molecular complexity index is 829. The number of hydrogen-bond donors (Lipinski definition) is 2. The van der Waals surface area contributed by atoms with Crippen LogP contribution in [0.4, 0.5) is 0 Å². The van der Waals surface area contributed by atoms with Gasteiger partial charge in [0.1, 0.15) is 23.9 Å². The van der Waals surface area contributed by atoms with Gasteiger partial charge < -0.3 is 19.7 Å². The SMILES string of the molecule is C=C1C(=O)[C@@]23C(=O)[C@@H](O)[C@@H]4C(C)(C)CCC[C@@]4(C=O)[C@@H]2[C@@H](OC(C)=O)C[C@@H]1[C@H]3O. The van der Waals surface area contributed by atoms with Gasteiger partial charge in [0.25, 0.3) is 0 Å². The van der Waals surface area contributed by atoms with Crippen molar-refractivity contribution in [3.63, 3.8) is 0 Å². The Morgan fingerprint density at radius 3 is 2.45 bits per heavy atom. The first-order chi connectivity index (χ1) is 13.5. The van der Waals surface area contributed by atoms with Crippen molar-refractivity contribution in [3.05, 3.63) is 12.2 Å². The lowest BCUT2D eigenvalue weighted by Gasteiger charge is -2.64. The van der Waals surface area contributed by atoms with Gasteiger partial charge in [-0.3, -0.25) is 14.4 Å². The number of aliphatic hydroxyl groups is 2. The van der Waals surface area contributed by atoms with Gasteiger partial charge in [-0.2, -0.15) is 0 Å². The number of carbonyl (C=O) groups excluding carboxylic acids is 4. The summed E-state index contributed by atoms with van der Waals surface area (Å²) in [6.07, 6.45) is -1.23. The second-order valence-electron chi connectivity index (χ2n) is 10.00. The third kappa shape index (κ3) is 2.20. The van der Waals surface area contributed by atoms with Gasteiger partial charge in [-0.15, -0.1) is 0 Å². The number of aldehydes is 1. The number of ketones is 2. The fourth-order valence-corrected chi connectivity index (χ4v) is 7.42. The molecule has 8 atom stereocenters. The summed E-state index contributed by atoms with van der Waals surface area (Å²) in [6, 6.07) is 0. The summed E-state index contributed by atoms with van der Waals surface area (Å²) in [4.78, 5) is 51.6. The molecule has 7 nitrogen and oxygen atoms in total. The minimum absolute atomic E-state index is 0.104. The Kier molecular flexibility index (Phi) is 4.28. The van der Waals surface area contributed by atoms with Crippen LogP contribution in [-0.4, -0.2) is 52.3 Å². The standard InChI is InChI=1S/C22H28O7/c1-10-12-8-13(29-11(2)24)15-21(9-23)7-5-6-20(3,4)16(21)14(25)19(28)22(15,17(10)26)18(12)27/h9,12-16,18,25,27H,1,5-8H2,2-4H3/t12-,13-,14-,15-,16+,18+,21+,22-/m0/s1. The third-order valence-corrected chi connectivity index (χ3v) is 8.27. The average Bonchev–Trinajstić information content (AvgIpc) is 2.75. The smallest absolute Gasteiger partial charge is 0.302 e. The van der Waals surface area contributed by atoms with Gasteiger partial charge in [-0.1, -0.05) is 26.8 Å². The van der Waals surface area contributed by atoms with Crippen LogP contribution in [0.5, 0.6) is 0 Å². The van der Waals surface area contributed by atoms with Gasteiger partial charge in [-0.05, 0) is 30.3 Å². The maximum atomic E-state index is 13.6. The summed E-state index contributed by atoms with van der Waals surface area (Å²) in [7, 11) is 0. The maximum Gasteiger partial charge on any atom is 0.302 e. The molecular formula is C22H28O7. The highest BCUT2D eigenvalue weighted by molar-refractivity contribution is 6.20. The van der Waals surface area contributed by atoms with Crippen LogP contribution in [0.15, 0.2) is 12.2 Å². The minimum atomic E-state index is -2.00. The van der Waals surface area contributed by atoms with Crippen LogP contribution < -0.4 is 0 Å². The number of aliphatic hydroxyl groups excluding tert-OH is 2. The molecule has 0 amide bonds. The summed E-state index contributed by atoms with van der Waals surface area (Å²) in [5, 5.41) is 22.3. The Morgan fingerprint density at radius 2 is 1.86 bits per heavy atom. The summed E-state index contributed by atoms with van der Waals surface area (Å²) in [5.41, 5.74) is -3.70. The van der Waals surface area contributed by atoms with Crippen molar-refractivity contribution in [1.82, 2.24) is 0 Å². The predicted octanol–water partition coefficient (Wildman–Crippen LogP) is 0.996. The van der Waals surface area contributed by atoms with Crippen LogP contribution in [0.3, 0.4) is 0 Å². The predicted molar refractivity (Wildman–Crippen MR) is 100 cm³/mol. The number of carbonyl (C=O) groups is 4. The fraction of sp³-hybridized carbons (Fsp3) is 0.727. The van der Waals surface area contributed by atoms with Crippen LogP contribution in [0, 0.1) is 34.0 Å². The molecule has 0 aromatic heterocycles. The van der Waals surface area contributed by atoms with Crippen LogP contribution in [0.25, 0.3) is 0 Å². The molecule has 4 saturated carbocycles. The summed E-state index contributed by atoms with van der Waals surface area (Å²) in [6.45, 7) is 8.85. The Labute approximate surface area is 169 Å². The quantitative estimate of drug-likeness (QED) is 0.305. The van der Waals surface area contributed by atoms with Gasteiger partial charge in [0, 0.05) is 30.1 Å². The molecule has 0 unspecified atom stereocenters. The molecule has 4 aliphatic rings. The Balaban J connectivity index is 2.02. The Morgan fingerprint density at radius 1 is 1.21 bits per heavy atom. The second-order valence-corrected chi connectivity index (χ2v) is 10.00. The van der Waals surface area contributed by atoms with E-state index in [1.165, 1.54) is 6.92 Å². The van der Waals surface area contributed by atoms with E-state index in [9.17, 15) is 29.4 Å². The molecule has 7 heteroatoms. The van der Waals surface area contributed by atoms with Gasteiger partial charge >= 0.3 is 5.97 Å². The lowest BCUT2D eigenvalue weighted by molar-refractivity contribution is -0.233. The molecule has 1 spiro atoms. The van der Waals surface area contributed by atoms with E-state index in [-0.39, 0.29) is 12.0 Å². The minimum Gasteiger partial charge on any atom is -0.462 e. The van der Waals surface area contributed by atoms with Crippen molar-refractivity contribution in [3.8, 4) is 0 Å². The molecule has 0 aromatic carbocycles. The first-order valence-electron chi connectivity index (χ1n) is 10.2. The van der Waals surface area contributed by atoms with E-state index in [1.54, 1.807) is 0 Å². The van der Waals surface area contributed by atoms with Crippen molar-refractivity contribution >= 4 is 23.8 Å².